The molecule has 0 aromatic carbocycles. The summed E-state index contributed by atoms with van der Waals surface area (Å²) in [5.41, 5.74) is 7.38. The summed E-state index contributed by atoms with van der Waals surface area (Å²) < 4.78 is 3.87. The molecule has 0 saturated heterocycles. The molecule has 0 spiro atoms. The molecule has 5 aromatic rings. The van der Waals surface area contributed by atoms with Gasteiger partial charge in [0, 0.05) is 53.8 Å². The van der Waals surface area contributed by atoms with Crippen molar-refractivity contribution in [1.29, 1.82) is 0 Å². The molecule has 0 saturated carbocycles. The Morgan fingerprint density at radius 1 is 1.00 bits per heavy atom. The van der Waals surface area contributed by atoms with Gasteiger partial charge in [-0.05, 0) is 30.8 Å². The molecule has 0 fully saturated rings. The molecule has 138 valence electrons. The van der Waals surface area contributed by atoms with Gasteiger partial charge in [-0.15, -0.1) is 0 Å². The number of nitrogens with zero attached hydrogens (tertiary/aromatic N) is 7. The fraction of sp³-hybridized carbons (Fsp3) is 0.200. The van der Waals surface area contributed by atoms with Crippen LogP contribution in [0.4, 0.5) is 0 Å². The van der Waals surface area contributed by atoms with Crippen LogP contribution in [0, 0.1) is 0 Å². The van der Waals surface area contributed by atoms with Gasteiger partial charge in [-0.2, -0.15) is 10.2 Å². The van der Waals surface area contributed by atoms with Crippen molar-refractivity contribution >= 4 is 16.7 Å². The van der Waals surface area contributed by atoms with Crippen LogP contribution in [0.15, 0.2) is 49.3 Å². The third-order valence-electron chi connectivity index (χ3n) is 5.50. The quantitative estimate of drug-likeness (QED) is 0.517. The topological polar surface area (TPSA) is 79.9 Å². The Hall–Kier alpha value is -3.52. The van der Waals surface area contributed by atoms with Gasteiger partial charge in [-0.3, -0.25) is 9.58 Å². The Balaban J connectivity index is 1.50. The number of hydrogen-bond acceptors (Lipinski definition) is 5. The van der Waals surface area contributed by atoms with E-state index in [1.807, 2.05) is 36.9 Å². The fourth-order valence-corrected chi connectivity index (χ4v) is 3.98. The summed E-state index contributed by atoms with van der Waals surface area (Å²) in [6.45, 7) is 2.85. The molecule has 0 aliphatic carbocycles. The van der Waals surface area contributed by atoms with E-state index in [0.717, 1.165) is 58.6 Å². The summed E-state index contributed by atoms with van der Waals surface area (Å²) in [6, 6.07) is 6.29. The molecule has 1 aliphatic rings. The van der Waals surface area contributed by atoms with E-state index in [1.54, 1.807) is 10.8 Å². The summed E-state index contributed by atoms with van der Waals surface area (Å²) >= 11 is 0. The SMILES string of the molecule is CN1CCn2ncc(-c3cnc4[nH]cc(-c5ccn6ncnc6c5)c4c3)c2C1. The third kappa shape index (κ3) is 2.28. The lowest BCUT2D eigenvalue weighted by Crippen LogP contribution is -2.30. The molecular weight excluding hydrogens is 352 g/mol. The lowest BCUT2D eigenvalue weighted by Gasteiger charge is -2.24. The average molecular weight is 370 g/mol. The second kappa shape index (κ2) is 5.74. The van der Waals surface area contributed by atoms with E-state index in [9.17, 15) is 0 Å². The van der Waals surface area contributed by atoms with Gasteiger partial charge in [-0.1, -0.05) is 0 Å². The number of fused-ring (bicyclic) bond motifs is 3. The Morgan fingerprint density at radius 2 is 1.96 bits per heavy atom. The van der Waals surface area contributed by atoms with Crippen LogP contribution in [0.1, 0.15) is 5.69 Å². The third-order valence-corrected chi connectivity index (χ3v) is 5.50. The first-order valence-corrected chi connectivity index (χ1v) is 9.27. The largest absolute Gasteiger partial charge is 0.346 e. The highest BCUT2D eigenvalue weighted by Crippen LogP contribution is 2.33. The van der Waals surface area contributed by atoms with Crippen molar-refractivity contribution in [1.82, 2.24) is 39.2 Å². The van der Waals surface area contributed by atoms with Gasteiger partial charge in [0.25, 0.3) is 0 Å². The van der Waals surface area contributed by atoms with Crippen LogP contribution in [-0.4, -0.2) is 52.8 Å². The summed E-state index contributed by atoms with van der Waals surface area (Å²) in [4.78, 5) is 14.6. The molecule has 0 unspecified atom stereocenters. The number of hydrogen-bond donors (Lipinski definition) is 1. The summed E-state index contributed by atoms with van der Waals surface area (Å²) in [7, 11) is 2.15. The Labute approximate surface area is 160 Å². The Bertz CT molecular complexity index is 1320. The molecular formula is C20H18N8. The first-order chi connectivity index (χ1) is 13.8. The average Bonchev–Trinajstić information content (AvgIpc) is 3.44. The molecule has 6 heterocycles. The molecule has 0 bridgehead atoms. The summed E-state index contributed by atoms with van der Waals surface area (Å²) in [5, 5.41) is 9.84. The van der Waals surface area contributed by atoms with Gasteiger partial charge in [-0.25, -0.2) is 14.5 Å². The molecule has 1 N–H and O–H groups in total. The van der Waals surface area contributed by atoms with E-state index in [0.29, 0.717) is 0 Å². The normalized spacial score (nSPS) is 14.8. The molecule has 28 heavy (non-hydrogen) atoms. The maximum absolute atomic E-state index is 4.66. The number of likely N-dealkylation sites (N-methyl/N-ethyl adjacent to an activating group) is 1. The van der Waals surface area contributed by atoms with Crippen molar-refractivity contribution in [3.63, 3.8) is 0 Å². The maximum Gasteiger partial charge on any atom is 0.155 e. The van der Waals surface area contributed by atoms with Gasteiger partial charge in [0.05, 0.1) is 18.4 Å². The van der Waals surface area contributed by atoms with Crippen LogP contribution in [-0.2, 0) is 13.1 Å². The number of pyridine rings is 2. The van der Waals surface area contributed by atoms with Gasteiger partial charge in [0.1, 0.15) is 12.0 Å². The predicted octanol–water partition coefficient (Wildman–Crippen LogP) is 2.58. The van der Waals surface area contributed by atoms with E-state index in [1.165, 1.54) is 5.69 Å². The van der Waals surface area contributed by atoms with Gasteiger partial charge in [0.2, 0.25) is 0 Å². The Morgan fingerprint density at radius 3 is 2.93 bits per heavy atom. The molecule has 0 amide bonds. The van der Waals surface area contributed by atoms with Crippen molar-refractivity contribution in [3.8, 4) is 22.3 Å². The minimum absolute atomic E-state index is 0.824. The number of aromatic amines is 1. The molecule has 5 aromatic heterocycles. The molecule has 8 nitrogen and oxygen atoms in total. The molecule has 6 rings (SSSR count). The highest BCUT2D eigenvalue weighted by atomic mass is 15.3. The highest BCUT2D eigenvalue weighted by molar-refractivity contribution is 5.96. The lowest BCUT2D eigenvalue weighted by molar-refractivity contribution is 0.259. The van der Waals surface area contributed by atoms with Crippen molar-refractivity contribution in [3.05, 3.63) is 55.0 Å². The van der Waals surface area contributed by atoms with E-state index < -0.39 is 0 Å². The number of H-pyrrole nitrogens is 1. The van der Waals surface area contributed by atoms with Crippen molar-refractivity contribution in [2.75, 3.05) is 13.6 Å². The smallest absolute Gasteiger partial charge is 0.155 e. The van der Waals surface area contributed by atoms with Crippen molar-refractivity contribution in [2.24, 2.45) is 0 Å². The van der Waals surface area contributed by atoms with E-state index in [2.05, 4.69) is 47.8 Å². The van der Waals surface area contributed by atoms with Crippen LogP contribution in [0.2, 0.25) is 0 Å². The minimum Gasteiger partial charge on any atom is -0.346 e. The zero-order chi connectivity index (χ0) is 18.7. The van der Waals surface area contributed by atoms with Crippen LogP contribution in [0.25, 0.3) is 38.9 Å². The standard InChI is InChI=1S/C20H18N8/c1-26-4-5-27-18(11-26)17(10-24-27)14-6-15-16(9-22-20(15)21-8-14)13-2-3-28-19(7-13)23-12-25-28/h2-3,6-10,12H,4-5,11H2,1H3,(H,21,22). The van der Waals surface area contributed by atoms with E-state index in [-0.39, 0.29) is 0 Å². The molecule has 8 heteroatoms. The first-order valence-electron chi connectivity index (χ1n) is 9.27. The van der Waals surface area contributed by atoms with E-state index in [4.69, 9.17) is 0 Å². The number of nitrogens with one attached hydrogen (secondary N) is 1. The van der Waals surface area contributed by atoms with Crippen molar-refractivity contribution < 1.29 is 0 Å². The second-order valence-electron chi connectivity index (χ2n) is 7.27. The first kappa shape index (κ1) is 15.5. The second-order valence-corrected chi connectivity index (χ2v) is 7.27. The van der Waals surface area contributed by atoms with Crippen LogP contribution in [0.5, 0.6) is 0 Å². The van der Waals surface area contributed by atoms with Crippen molar-refractivity contribution in [2.45, 2.75) is 13.1 Å². The Kier molecular flexibility index (Phi) is 3.18. The molecule has 0 atom stereocenters. The van der Waals surface area contributed by atoms with Gasteiger partial charge >= 0.3 is 0 Å². The summed E-state index contributed by atoms with van der Waals surface area (Å²) in [5.74, 6) is 0. The number of aromatic nitrogens is 7. The zero-order valence-electron chi connectivity index (χ0n) is 15.4. The fourth-order valence-electron chi connectivity index (χ4n) is 3.98. The maximum atomic E-state index is 4.66. The summed E-state index contributed by atoms with van der Waals surface area (Å²) in [6.07, 6.45) is 9.39. The monoisotopic (exact) mass is 370 g/mol. The van der Waals surface area contributed by atoms with Gasteiger partial charge in [0.15, 0.2) is 5.65 Å². The van der Waals surface area contributed by atoms with E-state index >= 15 is 0 Å². The van der Waals surface area contributed by atoms with Crippen LogP contribution < -0.4 is 0 Å². The zero-order valence-corrected chi connectivity index (χ0v) is 15.4. The van der Waals surface area contributed by atoms with Gasteiger partial charge < -0.3 is 4.98 Å². The highest BCUT2D eigenvalue weighted by Gasteiger charge is 2.20. The number of rotatable bonds is 2. The van der Waals surface area contributed by atoms with Crippen LogP contribution >= 0.6 is 0 Å². The molecule has 0 radical (unpaired) electrons. The lowest BCUT2D eigenvalue weighted by atomic mass is 10.0. The molecule has 1 aliphatic heterocycles. The van der Waals surface area contributed by atoms with Crippen LogP contribution in [0.3, 0.4) is 0 Å². The minimum atomic E-state index is 0.824. The predicted molar refractivity (Wildman–Crippen MR) is 106 cm³/mol.